The maximum absolute atomic E-state index is 6.84. The summed E-state index contributed by atoms with van der Waals surface area (Å²) < 4.78 is 9.43. The van der Waals surface area contributed by atoms with Gasteiger partial charge in [-0.3, -0.25) is 0 Å². The third-order valence-electron chi connectivity index (χ3n) is 29.9. The molecule has 24 aromatic rings. The number of anilines is 6. The van der Waals surface area contributed by atoms with Crippen LogP contribution in [0, 0.1) is 0 Å². The monoisotopic (exact) mass is 1810 g/mol. The van der Waals surface area contributed by atoms with Crippen LogP contribution in [0.5, 0.6) is 0 Å². The van der Waals surface area contributed by atoms with Crippen molar-refractivity contribution in [2.75, 3.05) is 9.80 Å². The van der Waals surface area contributed by atoms with E-state index in [9.17, 15) is 0 Å². The molecule has 0 radical (unpaired) electrons. The molecule has 3 nitrogen and oxygen atoms in total. The average Bonchev–Trinajstić information content (AvgIpc) is 1.54. The number of nitrogens with zero attached hydrogens (tertiary/aromatic N) is 2. The second-order valence-corrected chi connectivity index (χ2v) is 39.0. The van der Waals surface area contributed by atoms with E-state index in [-0.39, 0.29) is 5.41 Å². The molecule has 0 bridgehead atoms. The summed E-state index contributed by atoms with van der Waals surface area (Å²) in [6.45, 7) is 4.71. The van der Waals surface area contributed by atoms with Crippen molar-refractivity contribution in [2.24, 2.45) is 0 Å². The van der Waals surface area contributed by atoms with Crippen molar-refractivity contribution in [3.05, 3.63) is 589 Å². The van der Waals surface area contributed by atoms with Gasteiger partial charge < -0.3 is 14.2 Å². The van der Waals surface area contributed by atoms with Gasteiger partial charge in [-0.25, -0.2) is 0 Å². The van der Waals surface area contributed by atoms with Crippen LogP contribution in [-0.4, -0.2) is 0 Å². The fraction of sp³-hybridized carbons (Fsp3) is 0.0365. The number of hydrogen-bond acceptors (Lipinski definition) is 4. The Balaban J connectivity index is 0.000000145. The fourth-order valence-electron chi connectivity index (χ4n) is 23.3. The highest BCUT2D eigenvalue weighted by atomic mass is 32.1. The summed E-state index contributed by atoms with van der Waals surface area (Å²) in [5.41, 5.74) is 44.5. The van der Waals surface area contributed by atoms with Crippen molar-refractivity contribution < 1.29 is 4.42 Å². The summed E-state index contributed by atoms with van der Waals surface area (Å²) in [6.07, 6.45) is 0. The first-order valence-corrected chi connectivity index (χ1v) is 49.6. The second kappa shape index (κ2) is 34.6. The molecule has 0 fully saturated rings. The van der Waals surface area contributed by atoms with Gasteiger partial charge in [-0.05, 0) is 277 Å². The number of thiophene rings is 1. The first-order chi connectivity index (χ1) is 69.6. The Kier molecular flexibility index (Phi) is 20.6. The lowest BCUT2D eigenvalue weighted by molar-refractivity contribution is 0.660. The van der Waals surface area contributed by atoms with Crippen LogP contribution >= 0.6 is 11.3 Å². The van der Waals surface area contributed by atoms with Gasteiger partial charge in [0.25, 0.3) is 0 Å². The maximum atomic E-state index is 6.84. The molecular formula is C137H94N2OS. The first kappa shape index (κ1) is 84.0. The minimum absolute atomic E-state index is 0.134. The molecule has 3 aliphatic rings. The molecule has 0 aliphatic heterocycles. The van der Waals surface area contributed by atoms with Crippen LogP contribution < -0.4 is 9.80 Å². The Morgan fingerprint density at radius 2 is 0.489 bits per heavy atom. The summed E-state index contributed by atoms with van der Waals surface area (Å²) in [5.74, 6) is 0. The zero-order valence-electron chi connectivity index (χ0n) is 78.0. The van der Waals surface area contributed by atoms with Crippen LogP contribution in [0.15, 0.2) is 538 Å². The summed E-state index contributed by atoms with van der Waals surface area (Å²) in [6, 6.07) is 196. The molecule has 0 spiro atoms. The van der Waals surface area contributed by atoms with Gasteiger partial charge in [0.05, 0.1) is 10.8 Å². The molecule has 27 rings (SSSR count). The molecule has 0 atom stereocenters. The van der Waals surface area contributed by atoms with E-state index in [1.165, 1.54) is 165 Å². The molecule has 2 heterocycles. The highest BCUT2D eigenvalue weighted by molar-refractivity contribution is 7.26. The Morgan fingerprint density at radius 3 is 0.936 bits per heavy atom. The van der Waals surface area contributed by atoms with E-state index < -0.39 is 10.8 Å². The molecule has 22 aromatic carbocycles. The van der Waals surface area contributed by atoms with Gasteiger partial charge in [-0.1, -0.05) is 426 Å². The summed E-state index contributed by atoms with van der Waals surface area (Å²) in [4.78, 5) is 4.77. The van der Waals surface area contributed by atoms with Crippen molar-refractivity contribution in [3.8, 4) is 111 Å². The van der Waals surface area contributed by atoms with E-state index in [0.29, 0.717) is 0 Å². The lowest BCUT2D eigenvalue weighted by atomic mass is 9.67. The quantitative estimate of drug-likeness (QED) is 0.0906. The van der Waals surface area contributed by atoms with Gasteiger partial charge >= 0.3 is 0 Å². The van der Waals surface area contributed by atoms with E-state index >= 15 is 0 Å². The summed E-state index contributed by atoms with van der Waals surface area (Å²) in [7, 11) is 0. The highest BCUT2D eigenvalue weighted by Crippen LogP contribution is 2.61. The van der Waals surface area contributed by atoms with Gasteiger partial charge in [0.1, 0.15) is 11.2 Å². The van der Waals surface area contributed by atoms with Crippen molar-refractivity contribution in [2.45, 2.75) is 30.1 Å². The van der Waals surface area contributed by atoms with Crippen molar-refractivity contribution >= 4 is 87.6 Å². The summed E-state index contributed by atoms with van der Waals surface area (Å²) in [5, 5.41) is 4.78. The molecule has 0 N–H and O–H groups in total. The van der Waals surface area contributed by atoms with Crippen LogP contribution in [0.25, 0.3) is 153 Å². The lowest BCUT2D eigenvalue weighted by Gasteiger charge is -2.34. The van der Waals surface area contributed by atoms with Crippen LogP contribution in [0.2, 0.25) is 0 Å². The minimum Gasteiger partial charge on any atom is -0.455 e. The number of benzene rings is 22. The van der Waals surface area contributed by atoms with Crippen LogP contribution in [0.1, 0.15) is 69.5 Å². The topological polar surface area (TPSA) is 19.6 Å². The summed E-state index contributed by atoms with van der Waals surface area (Å²) >= 11 is 1.89. The molecule has 3 aliphatic carbocycles. The molecule has 2 aromatic heterocycles. The third kappa shape index (κ3) is 14.1. The SMILES string of the molecule is CC1(C)c2ccccc2-c2ccc(N(c3ccc(-c4ccccc4)cc3)c3ccc(-c4cc(-c5ccc6c(c5)C(c5ccccc5)(c5ccccc5)c5ccccc5-6)cc5c4oc4ccccc45)cc3)cc21.c1ccc(-c2ccc(N(c3ccc(-c4ccccc4)cc3)c3ccc(-c4cc(-c5ccc6c(c5)C(c5ccccc5)(c5ccccc5)c5ccccc5-6)cc5c4sc4ccccc45)cc3)cc2)cc1. The van der Waals surface area contributed by atoms with Gasteiger partial charge in [0, 0.05) is 81.6 Å². The van der Waals surface area contributed by atoms with Crippen LogP contribution in [-0.2, 0) is 16.2 Å². The van der Waals surface area contributed by atoms with Gasteiger partial charge in [-0.15, -0.1) is 11.3 Å². The molecule has 4 heteroatoms. The third-order valence-corrected chi connectivity index (χ3v) is 31.2. The number of furan rings is 1. The molecule has 0 saturated heterocycles. The molecular weight excluding hydrogens is 1720 g/mol. The molecule has 664 valence electrons. The zero-order chi connectivity index (χ0) is 93.7. The van der Waals surface area contributed by atoms with Crippen molar-refractivity contribution in [1.82, 2.24) is 0 Å². The molecule has 141 heavy (non-hydrogen) atoms. The van der Waals surface area contributed by atoms with Crippen molar-refractivity contribution in [1.29, 1.82) is 0 Å². The Bertz CT molecular complexity index is 8700. The molecule has 0 saturated carbocycles. The predicted molar refractivity (Wildman–Crippen MR) is 593 cm³/mol. The normalized spacial score (nSPS) is 13.1. The number of fused-ring (bicyclic) bond motifs is 15. The Labute approximate surface area is 826 Å². The lowest BCUT2D eigenvalue weighted by Crippen LogP contribution is -2.28. The van der Waals surface area contributed by atoms with E-state index in [1.54, 1.807) is 0 Å². The van der Waals surface area contributed by atoms with E-state index in [1.807, 2.05) is 11.3 Å². The number of rotatable bonds is 17. The van der Waals surface area contributed by atoms with Gasteiger partial charge in [-0.2, -0.15) is 0 Å². The van der Waals surface area contributed by atoms with E-state index in [0.717, 1.165) is 78.3 Å². The van der Waals surface area contributed by atoms with Gasteiger partial charge in [0.2, 0.25) is 0 Å². The maximum Gasteiger partial charge on any atom is 0.143 e. The second-order valence-electron chi connectivity index (χ2n) is 38.0. The van der Waals surface area contributed by atoms with E-state index in [4.69, 9.17) is 4.42 Å². The van der Waals surface area contributed by atoms with Gasteiger partial charge in [0.15, 0.2) is 0 Å². The van der Waals surface area contributed by atoms with Crippen LogP contribution in [0.4, 0.5) is 34.1 Å². The zero-order valence-corrected chi connectivity index (χ0v) is 78.8. The Hall–Kier alpha value is -17.5. The van der Waals surface area contributed by atoms with Crippen molar-refractivity contribution in [3.63, 3.8) is 0 Å². The standard InChI is InChI=1S/C70H49NO.C67H45NS/c1-69(2)63-27-15-12-24-56(63)58-41-39-55(45-65(58)69)71(53-35-30-47(31-36-53)46-18-6-3-7-19-46)54-37-32-48(33-38-54)61-42-50(43-62-60-26-14-17-29-67(60)72-68(61)62)49-34-40-59-57-25-13-16-28-64(57)70(66(59)44-49,51-20-8-4-9-21-51)52-22-10-5-11-23-52;1-5-17-46(18-6-1)48-29-36-55(37-30-48)68(56-38-31-49(32-39-56)47-19-7-2-8-20-47)57-40-33-50(34-41-57)61-43-52(44-62-60-26-14-16-28-65(60)69-66(61)62)51-35-42-59-58-25-13-15-27-63(58)67(64(59)45-51,53-21-9-3-10-22-53)54-23-11-4-12-24-54/h3-45H,1-2H3;1-45H. The van der Waals surface area contributed by atoms with Crippen LogP contribution in [0.3, 0.4) is 0 Å². The first-order valence-electron chi connectivity index (χ1n) is 48.8. The predicted octanol–water partition coefficient (Wildman–Crippen LogP) is 37.3. The van der Waals surface area contributed by atoms with E-state index in [2.05, 4.69) is 557 Å². The molecule has 0 unspecified atom stereocenters. The molecule has 0 amide bonds. The largest absolute Gasteiger partial charge is 0.455 e. The highest BCUT2D eigenvalue weighted by Gasteiger charge is 2.48. The smallest absolute Gasteiger partial charge is 0.143 e. The fourth-order valence-corrected chi connectivity index (χ4v) is 24.5. The number of hydrogen-bond donors (Lipinski definition) is 0. The average molecular weight is 1820 g/mol. The number of para-hydroxylation sites is 1. The minimum atomic E-state index is -0.498. The Morgan fingerprint density at radius 1 is 0.184 bits per heavy atom.